The van der Waals surface area contributed by atoms with Gasteiger partial charge in [-0.2, -0.15) is 5.26 Å². The van der Waals surface area contributed by atoms with Crippen LogP contribution in [-0.4, -0.2) is 29.8 Å². The molecule has 134 valence electrons. The fourth-order valence-electron chi connectivity index (χ4n) is 4.72. The van der Waals surface area contributed by atoms with E-state index in [0.29, 0.717) is 17.5 Å². The molecule has 2 aliphatic rings. The third-order valence-electron chi connectivity index (χ3n) is 6.42. The van der Waals surface area contributed by atoms with Crippen LogP contribution in [0.1, 0.15) is 54.9 Å². The van der Waals surface area contributed by atoms with E-state index in [0.717, 1.165) is 35.8 Å². The summed E-state index contributed by atoms with van der Waals surface area (Å²) in [5.41, 5.74) is 1.47. The van der Waals surface area contributed by atoms with Gasteiger partial charge in [0, 0.05) is 24.1 Å². The lowest BCUT2D eigenvalue weighted by molar-refractivity contribution is 0.0622. The van der Waals surface area contributed by atoms with E-state index in [-0.39, 0.29) is 11.7 Å². The molecule has 4 rings (SSSR count). The van der Waals surface area contributed by atoms with Gasteiger partial charge in [0.2, 0.25) is 0 Å². The molecule has 1 saturated carbocycles. The fraction of sp³-hybridized carbons (Fsp3) is 0.478. The molecule has 0 amide bonds. The predicted octanol–water partition coefficient (Wildman–Crippen LogP) is 4.79. The summed E-state index contributed by atoms with van der Waals surface area (Å²) < 4.78 is 0. The van der Waals surface area contributed by atoms with Crippen LogP contribution >= 0.6 is 0 Å². The van der Waals surface area contributed by atoms with Crippen molar-refractivity contribution in [1.29, 1.82) is 5.26 Å². The fourth-order valence-corrected chi connectivity index (χ4v) is 4.72. The van der Waals surface area contributed by atoms with Crippen molar-refractivity contribution >= 4 is 16.6 Å². The number of carbonyl (C=O) groups excluding carboxylic acids is 1. The number of piperidine rings is 1. The number of fused-ring (bicyclic) bond motifs is 1. The van der Waals surface area contributed by atoms with E-state index < -0.39 is 0 Å². The Labute approximate surface area is 155 Å². The van der Waals surface area contributed by atoms with Gasteiger partial charge in [-0.3, -0.25) is 9.69 Å². The molecule has 0 bridgehead atoms. The van der Waals surface area contributed by atoms with Crippen molar-refractivity contribution in [3.63, 3.8) is 0 Å². The van der Waals surface area contributed by atoms with Crippen LogP contribution < -0.4 is 0 Å². The number of nitrogens with zero attached hydrogens (tertiary/aromatic N) is 2. The zero-order valence-electron chi connectivity index (χ0n) is 15.4. The number of hydrogen-bond donors (Lipinski definition) is 0. The number of rotatable bonds is 3. The van der Waals surface area contributed by atoms with Gasteiger partial charge in [0.15, 0.2) is 5.78 Å². The van der Waals surface area contributed by atoms with Crippen molar-refractivity contribution in [2.75, 3.05) is 13.1 Å². The first-order chi connectivity index (χ1) is 12.7. The van der Waals surface area contributed by atoms with E-state index in [2.05, 4.69) is 17.9 Å². The molecule has 2 aromatic rings. The van der Waals surface area contributed by atoms with E-state index in [1.54, 1.807) is 0 Å². The molecule has 1 aliphatic heterocycles. The van der Waals surface area contributed by atoms with Gasteiger partial charge in [-0.05, 0) is 60.7 Å². The van der Waals surface area contributed by atoms with Crippen molar-refractivity contribution < 1.29 is 4.79 Å². The average molecular weight is 346 g/mol. The summed E-state index contributed by atoms with van der Waals surface area (Å²) >= 11 is 0. The maximum Gasteiger partial charge on any atom is 0.167 e. The van der Waals surface area contributed by atoms with Gasteiger partial charge >= 0.3 is 0 Å². The Bertz CT molecular complexity index is 860. The second-order valence-electron chi connectivity index (χ2n) is 8.06. The Balaban J connectivity index is 1.57. The Kier molecular flexibility index (Phi) is 4.78. The molecule has 0 N–H and O–H groups in total. The van der Waals surface area contributed by atoms with Gasteiger partial charge < -0.3 is 0 Å². The first kappa shape index (κ1) is 17.2. The lowest BCUT2D eigenvalue weighted by atomic mass is 9.81. The number of benzene rings is 2. The van der Waals surface area contributed by atoms with Crippen molar-refractivity contribution in [1.82, 2.24) is 4.90 Å². The van der Waals surface area contributed by atoms with Gasteiger partial charge in [-0.15, -0.1) is 0 Å². The van der Waals surface area contributed by atoms with Crippen molar-refractivity contribution in [2.24, 2.45) is 11.8 Å². The van der Waals surface area contributed by atoms with Crippen LogP contribution in [0.4, 0.5) is 0 Å². The minimum atomic E-state index is 0.0974. The molecule has 2 fully saturated rings. The second-order valence-corrected chi connectivity index (χ2v) is 8.06. The minimum Gasteiger partial charge on any atom is -0.300 e. The summed E-state index contributed by atoms with van der Waals surface area (Å²) in [6.45, 7) is 4.29. The van der Waals surface area contributed by atoms with E-state index >= 15 is 0 Å². The Morgan fingerprint density at radius 3 is 2.58 bits per heavy atom. The molecule has 2 aromatic carbocycles. The monoisotopic (exact) mass is 346 g/mol. The lowest BCUT2D eigenvalue weighted by Crippen LogP contribution is -2.46. The van der Waals surface area contributed by atoms with Crippen LogP contribution in [0.3, 0.4) is 0 Å². The molecular weight excluding hydrogens is 320 g/mol. The summed E-state index contributed by atoms with van der Waals surface area (Å²) in [4.78, 5) is 15.8. The first-order valence-electron chi connectivity index (χ1n) is 9.88. The van der Waals surface area contributed by atoms with Crippen LogP contribution in [0, 0.1) is 23.2 Å². The van der Waals surface area contributed by atoms with E-state index in [9.17, 15) is 4.79 Å². The molecule has 0 radical (unpaired) electrons. The highest BCUT2D eigenvalue weighted by Gasteiger charge is 2.35. The number of carbonyl (C=O) groups is 1. The van der Waals surface area contributed by atoms with Crippen molar-refractivity contribution in [2.45, 2.75) is 45.1 Å². The molecule has 3 heteroatoms. The second kappa shape index (κ2) is 7.21. The van der Waals surface area contributed by atoms with Crippen molar-refractivity contribution in [3.05, 3.63) is 47.5 Å². The molecule has 1 aliphatic carbocycles. The van der Waals surface area contributed by atoms with Gasteiger partial charge in [0.1, 0.15) is 0 Å². The summed E-state index contributed by atoms with van der Waals surface area (Å²) in [5, 5.41) is 11.1. The molecule has 0 aromatic heterocycles. The number of Topliss-reactive ketones (excluding diaryl/α,β-unsaturated/α-hetero) is 1. The highest BCUT2D eigenvalue weighted by Crippen LogP contribution is 2.32. The zero-order valence-corrected chi connectivity index (χ0v) is 15.4. The Morgan fingerprint density at radius 1 is 1.08 bits per heavy atom. The SMILES string of the molecule is C[C@@H]1CCN(C2CCCC2)C[C@H]1C(=O)c1ccc2cc(C#N)ccc2c1. The van der Waals surface area contributed by atoms with Crippen molar-refractivity contribution in [3.8, 4) is 6.07 Å². The van der Waals surface area contributed by atoms with E-state index in [1.807, 2.05) is 36.4 Å². The Morgan fingerprint density at radius 2 is 1.81 bits per heavy atom. The maximum atomic E-state index is 13.3. The van der Waals surface area contributed by atoms with E-state index in [4.69, 9.17) is 5.26 Å². The normalized spacial score (nSPS) is 24.6. The smallest absolute Gasteiger partial charge is 0.167 e. The quantitative estimate of drug-likeness (QED) is 0.750. The average Bonchev–Trinajstić information content (AvgIpc) is 3.21. The molecule has 1 saturated heterocycles. The summed E-state index contributed by atoms with van der Waals surface area (Å²) in [7, 11) is 0. The third-order valence-corrected chi connectivity index (χ3v) is 6.42. The first-order valence-corrected chi connectivity index (χ1v) is 9.88. The number of nitriles is 1. The van der Waals surface area contributed by atoms with Gasteiger partial charge in [0.25, 0.3) is 0 Å². The summed E-state index contributed by atoms with van der Waals surface area (Å²) in [6.07, 6.45) is 6.39. The summed E-state index contributed by atoms with van der Waals surface area (Å²) in [6, 6.07) is 14.4. The molecule has 3 nitrogen and oxygen atoms in total. The van der Waals surface area contributed by atoms with E-state index in [1.165, 1.54) is 25.7 Å². The number of hydrogen-bond acceptors (Lipinski definition) is 3. The molecule has 1 heterocycles. The topological polar surface area (TPSA) is 44.1 Å². The van der Waals surface area contributed by atoms with Crippen LogP contribution in [0.2, 0.25) is 0 Å². The van der Waals surface area contributed by atoms with Gasteiger partial charge in [-0.1, -0.05) is 38.0 Å². The third kappa shape index (κ3) is 3.27. The molecular formula is C23H26N2O. The molecule has 26 heavy (non-hydrogen) atoms. The largest absolute Gasteiger partial charge is 0.300 e. The number of ketones is 1. The van der Waals surface area contributed by atoms with Crippen LogP contribution in [0.15, 0.2) is 36.4 Å². The van der Waals surface area contributed by atoms with Gasteiger partial charge in [-0.25, -0.2) is 0 Å². The molecule has 0 spiro atoms. The van der Waals surface area contributed by atoms with Crippen LogP contribution in [0.25, 0.3) is 10.8 Å². The predicted molar refractivity (Wildman–Crippen MR) is 104 cm³/mol. The maximum absolute atomic E-state index is 13.3. The Hall–Kier alpha value is -2.18. The minimum absolute atomic E-state index is 0.0974. The van der Waals surface area contributed by atoms with Crippen LogP contribution in [0.5, 0.6) is 0 Å². The van der Waals surface area contributed by atoms with Gasteiger partial charge in [0.05, 0.1) is 11.6 Å². The zero-order chi connectivity index (χ0) is 18.1. The van der Waals surface area contributed by atoms with Crippen LogP contribution in [-0.2, 0) is 0 Å². The molecule has 2 atom stereocenters. The highest BCUT2D eigenvalue weighted by molar-refractivity contribution is 6.01. The standard InChI is InChI=1S/C23H26N2O/c1-16-10-11-25(21-4-2-3-5-21)15-22(16)23(26)20-9-8-18-12-17(14-24)6-7-19(18)13-20/h6-9,12-13,16,21-22H,2-5,10-11,15H2,1H3/t16-,22-/m1/s1. The number of likely N-dealkylation sites (tertiary alicyclic amines) is 1. The lowest BCUT2D eigenvalue weighted by Gasteiger charge is -2.39. The highest BCUT2D eigenvalue weighted by atomic mass is 16.1. The molecule has 0 unspecified atom stereocenters. The summed E-state index contributed by atoms with van der Waals surface area (Å²) in [5.74, 6) is 0.823.